The molecule has 0 bridgehead atoms. The molecule has 1 atom stereocenters. The lowest BCUT2D eigenvalue weighted by Gasteiger charge is -2.30. The van der Waals surface area contributed by atoms with Gasteiger partial charge in [0, 0.05) is 5.56 Å². The summed E-state index contributed by atoms with van der Waals surface area (Å²) in [5.41, 5.74) is -1.75. The molecule has 14 heteroatoms. The summed E-state index contributed by atoms with van der Waals surface area (Å²) in [7, 11) is 0. The lowest BCUT2D eigenvalue weighted by Crippen LogP contribution is -2.54. The molecule has 206 valence electrons. The first-order valence-electron chi connectivity index (χ1n) is 11.0. The van der Waals surface area contributed by atoms with Crippen molar-refractivity contribution in [3.05, 3.63) is 54.1 Å². The highest BCUT2D eigenvalue weighted by Crippen LogP contribution is 2.41. The van der Waals surface area contributed by atoms with Gasteiger partial charge in [0.25, 0.3) is 5.91 Å². The summed E-state index contributed by atoms with van der Waals surface area (Å²) in [6.45, 7) is -2.05. The number of carbonyl (C=O) groups excluding carboxylic acids is 3. The summed E-state index contributed by atoms with van der Waals surface area (Å²) in [6, 6.07) is 9.87. The molecule has 3 rings (SSSR count). The molecule has 2 aromatic rings. The molecule has 1 aliphatic heterocycles. The van der Waals surface area contributed by atoms with Gasteiger partial charge in [-0.05, 0) is 31.0 Å². The fourth-order valence-electron chi connectivity index (χ4n) is 3.75. The van der Waals surface area contributed by atoms with E-state index < -0.39 is 60.5 Å². The Morgan fingerprint density at radius 1 is 0.842 bits per heavy atom. The van der Waals surface area contributed by atoms with Gasteiger partial charge in [-0.3, -0.25) is 14.4 Å². The Morgan fingerprint density at radius 3 is 1.97 bits per heavy atom. The number of carbonyl (C=O) groups is 3. The van der Waals surface area contributed by atoms with Crippen LogP contribution in [0.15, 0.2) is 48.5 Å². The monoisotopic (exact) mass is 551 g/mol. The third kappa shape index (κ3) is 5.73. The highest BCUT2D eigenvalue weighted by molar-refractivity contribution is 6.09. The van der Waals surface area contributed by atoms with Gasteiger partial charge in [-0.15, -0.1) is 0 Å². The standard InChI is InChI=1S/C24H21F8N3O3/c1-21(2,19(37)33-11-22(25,26)24(30,31)32)20(38)34-17-15-9-4-3-7-13(15)14-8-5-6-10-16(14)35(18(17)36)12-23(27,28)29/h3-10,17H,11-12H2,1-2H3,(H,33,37)(H,34,38). The van der Waals surface area contributed by atoms with Crippen LogP contribution in [0, 0.1) is 5.41 Å². The largest absolute Gasteiger partial charge is 0.455 e. The molecule has 0 radical (unpaired) electrons. The maximum atomic E-state index is 13.4. The zero-order chi connectivity index (χ0) is 28.7. The van der Waals surface area contributed by atoms with E-state index in [0.29, 0.717) is 10.5 Å². The van der Waals surface area contributed by atoms with Crippen molar-refractivity contribution in [2.24, 2.45) is 5.41 Å². The fraction of sp³-hybridized carbons (Fsp3) is 0.375. The number of benzene rings is 2. The van der Waals surface area contributed by atoms with E-state index in [4.69, 9.17) is 0 Å². The smallest absolute Gasteiger partial charge is 0.349 e. The van der Waals surface area contributed by atoms with Gasteiger partial charge >= 0.3 is 18.3 Å². The van der Waals surface area contributed by atoms with Gasteiger partial charge in [0.15, 0.2) is 0 Å². The lowest BCUT2D eigenvalue weighted by molar-refractivity contribution is -0.278. The van der Waals surface area contributed by atoms with E-state index in [0.717, 1.165) is 13.8 Å². The Morgan fingerprint density at radius 2 is 1.39 bits per heavy atom. The second-order valence-corrected chi connectivity index (χ2v) is 9.06. The molecule has 0 saturated heterocycles. The molecular weight excluding hydrogens is 530 g/mol. The van der Waals surface area contributed by atoms with Crippen LogP contribution in [0.5, 0.6) is 0 Å². The van der Waals surface area contributed by atoms with E-state index >= 15 is 0 Å². The zero-order valence-corrected chi connectivity index (χ0v) is 19.8. The SMILES string of the molecule is CC(C)(C(=O)NCC(F)(F)C(F)(F)F)C(=O)NC1C(=O)N(CC(F)(F)F)c2ccccc2-c2ccccc21. The molecule has 0 spiro atoms. The number of rotatable bonds is 6. The zero-order valence-electron chi connectivity index (χ0n) is 19.8. The fourth-order valence-corrected chi connectivity index (χ4v) is 3.75. The summed E-state index contributed by atoms with van der Waals surface area (Å²) in [6.07, 6.45) is -10.8. The van der Waals surface area contributed by atoms with Crippen molar-refractivity contribution < 1.29 is 49.5 Å². The Labute approximate surface area is 211 Å². The summed E-state index contributed by atoms with van der Waals surface area (Å²) in [4.78, 5) is 39.3. The first-order valence-corrected chi connectivity index (χ1v) is 11.0. The molecule has 1 heterocycles. The second kappa shape index (κ2) is 9.87. The number of nitrogens with one attached hydrogen (secondary N) is 2. The van der Waals surface area contributed by atoms with E-state index in [1.54, 1.807) is 6.07 Å². The predicted molar refractivity (Wildman–Crippen MR) is 119 cm³/mol. The Balaban J connectivity index is 1.96. The molecule has 38 heavy (non-hydrogen) atoms. The van der Waals surface area contributed by atoms with Crippen molar-refractivity contribution in [3.8, 4) is 11.1 Å². The van der Waals surface area contributed by atoms with Crippen molar-refractivity contribution >= 4 is 23.4 Å². The van der Waals surface area contributed by atoms with Gasteiger partial charge in [0.2, 0.25) is 11.8 Å². The van der Waals surface area contributed by atoms with Gasteiger partial charge in [-0.1, -0.05) is 42.5 Å². The number of hydrogen-bond acceptors (Lipinski definition) is 3. The number of nitrogens with zero attached hydrogens (tertiary/aromatic N) is 1. The number of hydrogen-bond donors (Lipinski definition) is 2. The molecule has 1 unspecified atom stereocenters. The van der Waals surface area contributed by atoms with Gasteiger partial charge in [0.1, 0.15) is 18.0 Å². The highest BCUT2D eigenvalue weighted by Gasteiger charge is 2.58. The number of anilines is 1. The number of fused-ring (bicyclic) bond motifs is 3. The minimum atomic E-state index is -5.96. The average Bonchev–Trinajstić information content (AvgIpc) is 2.90. The summed E-state index contributed by atoms with van der Waals surface area (Å²) in [5.74, 6) is -9.30. The molecule has 0 saturated carbocycles. The van der Waals surface area contributed by atoms with Crippen molar-refractivity contribution in [1.29, 1.82) is 0 Å². The van der Waals surface area contributed by atoms with Crippen LogP contribution in [-0.4, -0.2) is 49.1 Å². The number of para-hydroxylation sites is 1. The molecule has 0 aromatic heterocycles. The van der Waals surface area contributed by atoms with Crippen molar-refractivity contribution in [2.75, 3.05) is 18.0 Å². The average molecular weight is 551 g/mol. The Hall–Kier alpha value is -3.71. The summed E-state index contributed by atoms with van der Waals surface area (Å²) in [5, 5.41) is 3.57. The minimum absolute atomic E-state index is 0.0859. The molecule has 1 aliphatic rings. The molecule has 6 nitrogen and oxygen atoms in total. The van der Waals surface area contributed by atoms with Crippen molar-refractivity contribution in [2.45, 2.75) is 38.2 Å². The first kappa shape index (κ1) is 28.9. The Bertz CT molecular complexity index is 1240. The normalized spacial score (nSPS) is 16.3. The first-order chi connectivity index (χ1) is 17.4. The maximum Gasteiger partial charge on any atom is 0.455 e. The molecule has 0 fully saturated rings. The molecule has 2 N–H and O–H groups in total. The van der Waals surface area contributed by atoms with Crippen molar-refractivity contribution in [3.63, 3.8) is 0 Å². The Kier molecular flexibility index (Phi) is 7.50. The summed E-state index contributed by atoms with van der Waals surface area (Å²) < 4.78 is 104. The van der Waals surface area contributed by atoms with E-state index in [1.165, 1.54) is 47.8 Å². The molecule has 0 aliphatic carbocycles. The van der Waals surface area contributed by atoms with Crippen molar-refractivity contribution in [1.82, 2.24) is 10.6 Å². The lowest BCUT2D eigenvalue weighted by atomic mass is 9.89. The predicted octanol–water partition coefficient (Wildman–Crippen LogP) is 4.76. The van der Waals surface area contributed by atoms with Crippen LogP contribution in [0.25, 0.3) is 11.1 Å². The van der Waals surface area contributed by atoms with Gasteiger partial charge < -0.3 is 15.5 Å². The number of amides is 3. The van der Waals surface area contributed by atoms with Crippen LogP contribution in [0.2, 0.25) is 0 Å². The molecule has 3 amide bonds. The maximum absolute atomic E-state index is 13.4. The topological polar surface area (TPSA) is 78.5 Å². The van der Waals surface area contributed by atoms with Crippen LogP contribution in [0.4, 0.5) is 40.8 Å². The quantitative estimate of drug-likeness (QED) is 0.402. The van der Waals surface area contributed by atoms with Crippen LogP contribution in [0.1, 0.15) is 25.5 Å². The highest BCUT2D eigenvalue weighted by atomic mass is 19.4. The number of alkyl halides is 8. The van der Waals surface area contributed by atoms with Gasteiger partial charge in [0.05, 0.1) is 12.2 Å². The third-order valence-electron chi connectivity index (χ3n) is 5.90. The van der Waals surface area contributed by atoms with Gasteiger partial charge in [-0.25, -0.2) is 0 Å². The van der Waals surface area contributed by atoms with E-state index in [9.17, 15) is 49.5 Å². The van der Waals surface area contributed by atoms with Gasteiger partial charge in [-0.2, -0.15) is 35.1 Å². The summed E-state index contributed by atoms with van der Waals surface area (Å²) >= 11 is 0. The third-order valence-corrected chi connectivity index (χ3v) is 5.90. The molecule has 2 aromatic carbocycles. The minimum Gasteiger partial charge on any atom is -0.349 e. The van der Waals surface area contributed by atoms with Crippen LogP contribution in [0.3, 0.4) is 0 Å². The number of halogens is 8. The molecular formula is C24H21F8N3O3. The van der Waals surface area contributed by atoms with E-state index in [2.05, 4.69) is 5.32 Å². The van der Waals surface area contributed by atoms with Crippen LogP contribution < -0.4 is 15.5 Å². The van der Waals surface area contributed by atoms with E-state index in [1.807, 2.05) is 0 Å². The second-order valence-electron chi connectivity index (χ2n) is 9.06. The van der Waals surface area contributed by atoms with Crippen LogP contribution >= 0.6 is 0 Å². The van der Waals surface area contributed by atoms with Crippen LogP contribution in [-0.2, 0) is 14.4 Å². The van der Waals surface area contributed by atoms with E-state index in [-0.39, 0.29) is 16.8 Å².